The lowest BCUT2D eigenvalue weighted by molar-refractivity contribution is -0.186. The normalized spacial score (nSPS) is 21.2. The summed E-state index contributed by atoms with van der Waals surface area (Å²) >= 11 is 0. The van der Waals surface area contributed by atoms with Crippen LogP contribution in [0.2, 0.25) is 0 Å². The first-order valence-corrected chi connectivity index (χ1v) is 10.1. The van der Waals surface area contributed by atoms with E-state index in [-0.39, 0.29) is 11.7 Å². The molecule has 1 amide bonds. The molecule has 3 heterocycles. The predicted octanol–water partition coefficient (Wildman–Crippen LogP) is 2.27. The van der Waals surface area contributed by atoms with Crippen molar-refractivity contribution in [1.82, 2.24) is 15.8 Å². The van der Waals surface area contributed by atoms with Gasteiger partial charge in [-0.3, -0.25) is 14.6 Å². The van der Waals surface area contributed by atoms with Gasteiger partial charge in [0.25, 0.3) is 5.91 Å². The third-order valence-corrected chi connectivity index (χ3v) is 5.31. The lowest BCUT2D eigenvalue weighted by Crippen LogP contribution is -2.37. The van der Waals surface area contributed by atoms with Crippen molar-refractivity contribution in [3.05, 3.63) is 65.0 Å². The van der Waals surface area contributed by atoms with Gasteiger partial charge in [0.2, 0.25) is 0 Å². The number of hydroxylamine groups is 1. The number of aromatic nitrogens is 1. The average molecular weight is 395 g/mol. The highest BCUT2D eigenvalue weighted by Gasteiger charge is 2.27. The summed E-state index contributed by atoms with van der Waals surface area (Å²) in [7, 11) is 0. The molecular formula is C22H25N3O4. The van der Waals surface area contributed by atoms with Crippen LogP contribution in [0.4, 0.5) is 0 Å². The van der Waals surface area contributed by atoms with Crippen LogP contribution >= 0.6 is 0 Å². The molecule has 7 heteroatoms. The maximum atomic E-state index is 12.9. The molecule has 0 spiro atoms. The lowest BCUT2D eigenvalue weighted by atomic mass is 9.88. The Kier molecular flexibility index (Phi) is 6.29. The van der Waals surface area contributed by atoms with Crippen molar-refractivity contribution >= 4 is 11.7 Å². The Morgan fingerprint density at radius 3 is 3.00 bits per heavy atom. The number of Topliss-reactive ketones (excluding diaryl/α,β-unsaturated/α-hetero) is 1. The standard InChI is InChI=1S/C22H25N3O4/c26-19(12-15-4-3-9-23-14-15)21-18-13-17(7-6-16(18)8-10-24-21)22(27)25-29-20-5-1-2-11-28-20/h3-4,6-7,9,13-14,20-21,24H,1-2,5,8,10-12H2,(H,25,27). The largest absolute Gasteiger partial charge is 0.350 e. The van der Waals surface area contributed by atoms with Crippen LogP contribution in [0, 0.1) is 0 Å². The van der Waals surface area contributed by atoms with Gasteiger partial charge in [0.1, 0.15) is 0 Å². The van der Waals surface area contributed by atoms with E-state index in [1.54, 1.807) is 24.5 Å². The van der Waals surface area contributed by atoms with Crippen LogP contribution in [-0.4, -0.2) is 36.1 Å². The van der Waals surface area contributed by atoms with Crippen LogP contribution in [-0.2, 0) is 27.2 Å². The Morgan fingerprint density at radius 1 is 1.28 bits per heavy atom. The van der Waals surface area contributed by atoms with Crippen LogP contribution in [0.25, 0.3) is 0 Å². The van der Waals surface area contributed by atoms with Gasteiger partial charge in [0.15, 0.2) is 12.1 Å². The van der Waals surface area contributed by atoms with Gasteiger partial charge in [-0.05, 0) is 54.2 Å². The molecule has 4 rings (SSSR count). The fourth-order valence-corrected chi connectivity index (χ4v) is 3.77. The lowest BCUT2D eigenvalue weighted by Gasteiger charge is -2.27. The number of carbonyl (C=O) groups excluding carboxylic acids is 2. The third kappa shape index (κ3) is 4.87. The molecule has 2 N–H and O–H groups in total. The van der Waals surface area contributed by atoms with Crippen molar-refractivity contribution in [3.8, 4) is 0 Å². The van der Waals surface area contributed by atoms with Gasteiger partial charge in [-0.15, -0.1) is 0 Å². The summed E-state index contributed by atoms with van der Waals surface area (Å²) in [5.41, 5.74) is 5.76. The number of rotatable bonds is 6. The van der Waals surface area contributed by atoms with E-state index in [4.69, 9.17) is 9.57 Å². The zero-order chi connectivity index (χ0) is 20.1. The van der Waals surface area contributed by atoms with E-state index in [0.29, 0.717) is 18.6 Å². The second-order valence-corrected chi connectivity index (χ2v) is 7.40. The molecule has 0 saturated carbocycles. The van der Waals surface area contributed by atoms with Crippen LogP contribution in [0.3, 0.4) is 0 Å². The second-order valence-electron chi connectivity index (χ2n) is 7.40. The Balaban J connectivity index is 1.46. The molecule has 152 valence electrons. The zero-order valence-corrected chi connectivity index (χ0v) is 16.2. The number of benzene rings is 1. The molecule has 0 bridgehead atoms. The topological polar surface area (TPSA) is 89.5 Å². The van der Waals surface area contributed by atoms with Gasteiger partial charge >= 0.3 is 0 Å². The molecule has 1 aromatic carbocycles. The van der Waals surface area contributed by atoms with Gasteiger partial charge in [0.05, 0.1) is 6.04 Å². The molecule has 2 unspecified atom stereocenters. The number of carbonyl (C=O) groups is 2. The molecule has 2 aromatic rings. The minimum absolute atomic E-state index is 0.0587. The number of ketones is 1. The first kappa shape index (κ1) is 19.7. The number of hydrogen-bond acceptors (Lipinski definition) is 6. The summed E-state index contributed by atoms with van der Waals surface area (Å²) in [4.78, 5) is 34.9. The first-order valence-electron chi connectivity index (χ1n) is 10.1. The van der Waals surface area contributed by atoms with Crippen LogP contribution in [0.15, 0.2) is 42.7 Å². The van der Waals surface area contributed by atoms with Crippen molar-refractivity contribution in [1.29, 1.82) is 0 Å². The van der Waals surface area contributed by atoms with Gasteiger partial charge in [0, 0.05) is 44.0 Å². The Labute approximate surface area is 169 Å². The molecule has 29 heavy (non-hydrogen) atoms. The average Bonchev–Trinajstić information content (AvgIpc) is 2.78. The summed E-state index contributed by atoms with van der Waals surface area (Å²) < 4.78 is 5.46. The minimum atomic E-state index is -0.436. The van der Waals surface area contributed by atoms with Crippen molar-refractivity contribution in [2.75, 3.05) is 13.2 Å². The van der Waals surface area contributed by atoms with E-state index in [1.165, 1.54) is 0 Å². The predicted molar refractivity (Wildman–Crippen MR) is 106 cm³/mol. The zero-order valence-electron chi connectivity index (χ0n) is 16.2. The van der Waals surface area contributed by atoms with Crippen LogP contribution in [0.5, 0.6) is 0 Å². The van der Waals surface area contributed by atoms with E-state index in [9.17, 15) is 9.59 Å². The smallest absolute Gasteiger partial charge is 0.274 e. The second kappa shape index (κ2) is 9.26. The maximum absolute atomic E-state index is 12.9. The van der Waals surface area contributed by atoms with Crippen molar-refractivity contribution < 1.29 is 19.2 Å². The van der Waals surface area contributed by atoms with Crippen molar-refractivity contribution in [2.45, 2.75) is 44.4 Å². The summed E-state index contributed by atoms with van der Waals surface area (Å²) in [6.07, 6.45) is 6.90. The number of nitrogens with zero attached hydrogens (tertiary/aromatic N) is 1. The highest BCUT2D eigenvalue weighted by atomic mass is 16.8. The summed E-state index contributed by atoms with van der Waals surface area (Å²) in [6, 6.07) is 8.76. The van der Waals surface area contributed by atoms with E-state index in [1.807, 2.05) is 18.2 Å². The number of nitrogens with one attached hydrogen (secondary N) is 2. The number of pyridine rings is 1. The summed E-state index contributed by atoms with van der Waals surface area (Å²) in [5.74, 6) is -0.283. The fraction of sp³-hybridized carbons (Fsp3) is 0.409. The minimum Gasteiger partial charge on any atom is -0.350 e. The fourth-order valence-electron chi connectivity index (χ4n) is 3.77. The van der Waals surface area contributed by atoms with Gasteiger partial charge < -0.3 is 10.1 Å². The molecule has 1 saturated heterocycles. The van der Waals surface area contributed by atoms with E-state index in [2.05, 4.69) is 15.8 Å². The highest BCUT2D eigenvalue weighted by molar-refractivity contribution is 5.95. The number of ether oxygens (including phenoxy) is 1. The highest BCUT2D eigenvalue weighted by Crippen LogP contribution is 2.26. The molecule has 2 aliphatic rings. The van der Waals surface area contributed by atoms with E-state index >= 15 is 0 Å². The monoisotopic (exact) mass is 395 g/mol. The van der Waals surface area contributed by atoms with Gasteiger partial charge in [-0.2, -0.15) is 0 Å². The molecule has 0 radical (unpaired) electrons. The molecule has 2 aliphatic heterocycles. The number of fused-ring (bicyclic) bond motifs is 1. The van der Waals surface area contributed by atoms with Gasteiger partial charge in [-0.25, -0.2) is 10.3 Å². The molecule has 0 aliphatic carbocycles. The molecular weight excluding hydrogens is 370 g/mol. The molecule has 2 atom stereocenters. The van der Waals surface area contributed by atoms with E-state index in [0.717, 1.165) is 48.9 Å². The Hall–Kier alpha value is -2.61. The van der Waals surface area contributed by atoms with Crippen molar-refractivity contribution in [3.63, 3.8) is 0 Å². The Morgan fingerprint density at radius 2 is 2.21 bits per heavy atom. The van der Waals surface area contributed by atoms with Crippen LogP contribution in [0.1, 0.15) is 52.4 Å². The van der Waals surface area contributed by atoms with Crippen molar-refractivity contribution in [2.24, 2.45) is 0 Å². The number of amides is 1. The Bertz CT molecular complexity index is 866. The van der Waals surface area contributed by atoms with Crippen LogP contribution < -0.4 is 10.8 Å². The van der Waals surface area contributed by atoms with E-state index < -0.39 is 12.3 Å². The molecule has 1 fully saturated rings. The quantitative estimate of drug-likeness (QED) is 0.730. The SMILES string of the molecule is O=C(NOC1CCCCO1)c1ccc2c(c1)C(C(=O)Cc1cccnc1)NCC2. The molecule has 7 nitrogen and oxygen atoms in total. The number of hydrogen-bond donors (Lipinski definition) is 2. The summed E-state index contributed by atoms with van der Waals surface area (Å²) in [5, 5.41) is 3.29. The summed E-state index contributed by atoms with van der Waals surface area (Å²) in [6.45, 7) is 1.37. The maximum Gasteiger partial charge on any atom is 0.274 e. The third-order valence-electron chi connectivity index (χ3n) is 5.31. The van der Waals surface area contributed by atoms with Gasteiger partial charge in [-0.1, -0.05) is 12.1 Å². The molecule has 1 aromatic heterocycles. The first-order chi connectivity index (χ1) is 14.2.